The fourth-order valence-electron chi connectivity index (χ4n) is 3.38. The first-order chi connectivity index (χ1) is 16.4. The summed E-state index contributed by atoms with van der Waals surface area (Å²) in [6.07, 6.45) is 0.754. The highest BCUT2D eigenvalue weighted by Crippen LogP contribution is 2.28. The van der Waals surface area contributed by atoms with E-state index in [0.717, 1.165) is 12.0 Å². The van der Waals surface area contributed by atoms with Gasteiger partial charge < -0.3 is 18.6 Å². The van der Waals surface area contributed by atoms with E-state index in [0.29, 0.717) is 47.0 Å². The second-order valence-corrected chi connectivity index (χ2v) is 8.01. The summed E-state index contributed by atoms with van der Waals surface area (Å²) in [5.41, 5.74) is 2.80. The van der Waals surface area contributed by atoms with E-state index >= 15 is 0 Å². The molecule has 1 heterocycles. The van der Waals surface area contributed by atoms with Crippen molar-refractivity contribution in [1.82, 2.24) is 0 Å². The van der Waals surface area contributed by atoms with Crippen LogP contribution in [0, 0.1) is 13.8 Å². The summed E-state index contributed by atoms with van der Waals surface area (Å²) in [5.74, 6) is 1.08. The van der Waals surface area contributed by atoms with Crippen LogP contribution in [-0.4, -0.2) is 12.6 Å². The van der Waals surface area contributed by atoms with Crippen LogP contribution < -0.4 is 14.9 Å². The topological polar surface area (TPSA) is 75.0 Å². The molecule has 4 rings (SSSR count). The predicted molar refractivity (Wildman–Crippen MR) is 130 cm³/mol. The third-order valence-electron chi connectivity index (χ3n) is 5.26. The van der Waals surface area contributed by atoms with Crippen LogP contribution in [0.25, 0.3) is 11.0 Å². The van der Waals surface area contributed by atoms with Crippen LogP contribution >= 0.6 is 0 Å². The molecule has 1 aromatic heterocycles. The minimum Gasteiger partial charge on any atom is -0.489 e. The number of esters is 1. The summed E-state index contributed by atoms with van der Waals surface area (Å²) in [7, 11) is 0. The van der Waals surface area contributed by atoms with Crippen LogP contribution in [-0.2, 0) is 11.3 Å². The van der Waals surface area contributed by atoms with Gasteiger partial charge in [-0.05, 0) is 62.2 Å². The van der Waals surface area contributed by atoms with Crippen molar-refractivity contribution in [3.63, 3.8) is 0 Å². The lowest BCUT2D eigenvalue weighted by Gasteiger charge is -2.11. The molecule has 174 valence electrons. The number of benzene rings is 3. The lowest BCUT2D eigenvalue weighted by atomic mass is 10.1. The predicted octanol–water partition coefficient (Wildman–Crippen LogP) is 6.35. The van der Waals surface area contributed by atoms with Gasteiger partial charge in [-0.2, -0.15) is 0 Å². The molecular formula is C28H26O6. The van der Waals surface area contributed by atoms with E-state index in [1.165, 1.54) is 5.56 Å². The van der Waals surface area contributed by atoms with Crippen LogP contribution in [0.5, 0.6) is 17.2 Å². The molecule has 0 bridgehead atoms. The van der Waals surface area contributed by atoms with Crippen molar-refractivity contribution in [1.29, 1.82) is 0 Å². The second-order valence-electron chi connectivity index (χ2n) is 8.01. The van der Waals surface area contributed by atoms with Gasteiger partial charge in [0.15, 0.2) is 0 Å². The quantitative estimate of drug-likeness (QED) is 0.287. The largest absolute Gasteiger partial charge is 0.489 e. The normalized spacial score (nSPS) is 10.8. The Morgan fingerprint density at radius 2 is 1.62 bits per heavy atom. The highest BCUT2D eigenvalue weighted by Gasteiger charge is 2.15. The van der Waals surface area contributed by atoms with Crippen molar-refractivity contribution >= 4 is 16.9 Å². The van der Waals surface area contributed by atoms with Gasteiger partial charge in [-0.3, -0.25) is 4.79 Å². The number of ether oxygens (including phenoxy) is 3. The summed E-state index contributed by atoms with van der Waals surface area (Å²) in [6.45, 7) is 6.43. The third-order valence-corrected chi connectivity index (χ3v) is 5.26. The molecule has 0 radical (unpaired) electrons. The average molecular weight is 459 g/mol. The third kappa shape index (κ3) is 5.29. The minimum absolute atomic E-state index is 0.0992. The number of hydrogen-bond acceptors (Lipinski definition) is 6. The van der Waals surface area contributed by atoms with E-state index in [-0.39, 0.29) is 11.2 Å². The van der Waals surface area contributed by atoms with Crippen LogP contribution in [0.1, 0.15) is 40.6 Å². The lowest BCUT2D eigenvalue weighted by Crippen LogP contribution is -2.08. The zero-order chi connectivity index (χ0) is 24.1. The Morgan fingerprint density at radius 3 is 2.32 bits per heavy atom. The van der Waals surface area contributed by atoms with E-state index in [2.05, 4.69) is 0 Å². The molecule has 0 amide bonds. The molecule has 0 unspecified atom stereocenters. The zero-order valence-electron chi connectivity index (χ0n) is 19.4. The van der Waals surface area contributed by atoms with Crippen molar-refractivity contribution in [2.75, 3.05) is 6.61 Å². The smallest absolute Gasteiger partial charge is 0.338 e. The number of hydrogen-bond donors (Lipinski definition) is 0. The number of fused-ring (bicyclic) bond motifs is 1. The van der Waals surface area contributed by atoms with Gasteiger partial charge in [0.2, 0.25) is 11.2 Å². The fourth-order valence-corrected chi connectivity index (χ4v) is 3.38. The Hall–Kier alpha value is -4.06. The SMILES string of the molecule is CCCOC(=O)c1ccc(Oc2c(C)oc3cc(OCc4ccc(C)cc4)ccc3c2=O)cc1. The highest BCUT2D eigenvalue weighted by molar-refractivity contribution is 5.89. The van der Waals surface area contributed by atoms with Gasteiger partial charge in [-0.15, -0.1) is 0 Å². The summed E-state index contributed by atoms with van der Waals surface area (Å²) in [4.78, 5) is 25.0. The van der Waals surface area contributed by atoms with Crippen LogP contribution in [0.2, 0.25) is 0 Å². The van der Waals surface area contributed by atoms with Gasteiger partial charge in [0.1, 0.15) is 29.4 Å². The van der Waals surface area contributed by atoms with Gasteiger partial charge in [-0.25, -0.2) is 4.79 Å². The van der Waals surface area contributed by atoms with Crippen LogP contribution in [0.4, 0.5) is 0 Å². The Bertz CT molecular complexity index is 1350. The average Bonchev–Trinajstić information content (AvgIpc) is 2.85. The molecule has 0 aliphatic rings. The van der Waals surface area contributed by atoms with Crippen molar-refractivity contribution < 1.29 is 23.4 Å². The van der Waals surface area contributed by atoms with Crippen molar-refractivity contribution in [3.05, 3.63) is 99.4 Å². The number of carbonyl (C=O) groups excluding carboxylic acids is 1. The first-order valence-corrected chi connectivity index (χ1v) is 11.2. The Balaban J connectivity index is 1.51. The monoisotopic (exact) mass is 458 g/mol. The maximum Gasteiger partial charge on any atom is 0.338 e. The van der Waals surface area contributed by atoms with E-state index in [4.69, 9.17) is 18.6 Å². The highest BCUT2D eigenvalue weighted by atomic mass is 16.5. The van der Waals surface area contributed by atoms with Crippen molar-refractivity contribution in [2.24, 2.45) is 0 Å². The molecule has 0 spiro atoms. The first-order valence-electron chi connectivity index (χ1n) is 11.2. The summed E-state index contributed by atoms with van der Waals surface area (Å²) in [5, 5.41) is 0.392. The Morgan fingerprint density at radius 1 is 0.912 bits per heavy atom. The zero-order valence-corrected chi connectivity index (χ0v) is 19.4. The van der Waals surface area contributed by atoms with Gasteiger partial charge >= 0.3 is 5.97 Å². The molecule has 0 atom stereocenters. The van der Waals surface area contributed by atoms with Gasteiger partial charge in [0.05, 0.1) is 17.6 Å². The van der Waals surface area contributed by atoms with E-state index in [9.17, 15) is 9.59 Å². The van der Waals surface area contributed by atoms with E-state index < -0.39 is 5.97 Å². The Kier molecular flexibility index (Phi) is 6.97. The molecule has 0 N–H and O–H groups in total. The van der Waals surface area contributed by atoms with Crippen molar-refractivity contribution in [2.45, 2.75) is 33.8 Å². The fraction of sp³-hybridized carbons (Fsp3) is 0.214. The molecule has 6 heteroatoms. The number of aryl methyl sites for hydroxylation is 2. The maximum atomic E-state index is 13.1. The van der Waals surface area contributed by atoms with Gasteiger partial charge in [-0.1, -0.05) is 36.8 Å². The van der Waals surface area contributed by atoms with Crippen LogP contribution in [0.3, 0.4) is 0 Å². The summed E-state index contributed by atoms with van der Waals surface area (Å²) >= 11 is 0. The van der Waals surface area contributed by atoms with Gasteiger partial charge in [0.25, 0.3) is 0 Å². The molecular weight excluding hydrogens is 432 g/mol. The molecule has 3 aromatic carbocycles. The molecule has 0 aliphatic carbocycles. The summed E-state index contributed by atoms with van der Waals surface area (Å²) < 4.78 is 22.7. The second kappa shape index (κ2) is 10.3. The lowest BCUT2D eigenvalue weighted by molar-refractivity contribution is 0.0505. The summed E-state index contributed by atoms with van der Waals surface area (Å²) in [6, 6.07) is 19.7. The van der Waals surface area contributed by atoms with E-state index in [1.54, 1.807) is 49.4 Å². The molecule has 34 heavy (non-hydrogen) atoms. The molecule has 0 saturated carbocycles. The van der Waals surface area contributed by atoms with Crippen LogP contribution in [0.15, 0.2) is 75.9 Å². The van der Waals surface area contributed by atoms with E-state index in [1.807, 2.05) is 38.1 Å². The molecule has 6 nitrogen and oxygen atoms in total. The molecule has 4 aromatic rings. The minimum atomic E-state index is -0.393. The molecule has 0 fully saturated rings. The van der Waals surface area contributed by atoms with Gasteiger partial charge in [0, 0.05) is 6.07 Å². The molecule has 0 aliphatic heterocycles. The number of carbonyl (C=O) groups is 1. The van der Waals surface area contributed by atoms with Crippen molar-refractivity contribution in [3.8, 4) is 17.2 Å². The molecule has 0 saturated heterocycles. The number of rotatable bonds is 8. The first kappa shape index (κ1) is 23.1. The Labute approximate surface area is 197 Å². The maximum absolute atomic E-state index is 13.1. The standard InChI is InChI=1S/C28H26O6/c1-4-15-31-28(30)21-9-11-22(12-10-21)34-27-19(3)33-25-16-23(13-14-24(25)26(27)29)32-17-20-7-5-18(2)6-8-20/h5-14,16H,4,15,17H2,1-3H3.